The lowest BCUT2D eigenvalue weighted by atomic mass is 9.87. The van der Waals surface area contributed by atoms with E-state index in [-0.39, 0.29) is 0 Å². The fourth-order valence-electron chi connectivity index (χ4n) is 12.8. The van der Waals surface area contributed by atoms with Gasteiger partial charge in [0.1, 0.15) is 11.2 Å². The smallest absolute Gasteiger partial charge is 0.164 e. The van der Waals surface area contributed by atoms with Gasteiger partial charge in [-0.05, 0) is 109 Å². The molecule has 0 unspecified atom stereocenters. The fraction of sp³-hybridized carbons (Fsp3) is 0. The van der Waals surface area contributed by atoms with Crippen LogP contribution in [0.2, 0.25) is 0 Å². The molecule has 0 atom stereocenters. The number of nitrogens with zero attached hydrogens (tertiary/aromatic N) is 4. The average Bonchev–Trinajstić information content (AvgIpc) is 1.67. The molecule has 86 heavy (non-hydrogen) atoms. The number of hydrogen-bond acceptors (Lipinski definition) is 4. The molecule has 5 nitrogen and oxygen atoms in total. The second-order valence-electron chi connectivity index (χ2n) is 21.7. The molecule has 0 saturated carbocycles. The first-order valence-corrected chi connectivity index (χ1v) is 29.2. The van der Waals surface area contributed by atoms with Crippen LogP contribution in [0.25, 0.3) is 161 Å². The molecule has 0 spiro atoms. The largest absolute Gasteiger partial charge is 0.455 e. The van der Waals surface area contributed by atoms with E-state index in [0.29, 0.717) is 17.5 Å². The predicted octanol–water partition coefficient (Wildman–Crippen LogP) is 21.5. The fourth-order valence-corrected chi connectivity index (χ4v) is 12.8. The lowest BCUT2D eigenvalue weighted by Gasteiger charge is -2.19. The third kappa shape index (κ3) is 8.77. The van der Waals surface area contributed by atoms with E-state index in [1.807, 2.05) is 36.4 Å². The highest BCUT2D eigenvalue weighted by molar-refractivity contribution is 6.29. The van der Waals surface area contributed by atoms with Crippen molar-refractivity contribution in [2.45, 2.75) is 0 Å². The van der Waals surface area contributed by atoms with Crippen LogP contribution in [0.3, 0.4) is 0 Å². The van der Waals surface area contributed by atoms with Crippen molar-refractivity contribution in [1.29, 1.82) is 0 Å². The quantitative estimate of drug-likeness (QED) is 0.130. The van der Waals surface area contributed by atoms with Gasteiger partial charge in [-0.3, -0.25) is 0 Å². The van der Waals surface area contributed by atoms with Gasteiger partial charge in [-0.2, -0.15) is 0 Å². The Kier molecular flexibility index (Phi) is 12.5. The molecule has 0 radical (unpaired) electrons. The Balaban J connectivity index is 0.955. The molecule has 0 aliphatic carbocycles. The Hall–Kier alpha value is -11.5. The van der Waals surface area contributed by atoms with Crippen molar-refractivity contribution in [3.63, 3.8) is 0 Å². The van der Waals surface area contributed by atoms with E-state index in [0.717, 1.165) is 122 Å². The minimum Gasteiger partial charge on any atom is -0.455 e. The van der Waals surface area contributed by atoms with Gasteiger partial charge in [0, 0.05) is 49.7 Å². The highest BCUT2D eigenvalue weighted by atomic mass is 16.3. The molecule has 3 aromatic heterocycles. The maximum absolute atomic E-state index is 7.15. The Morgan fingerprint density at radius 3 is 1.17 bits per heavy atom. The van der Waals surface area contributed by atoms with Crippen molar-refractivity contribution < 1.29 is 4.42 Å². The van der Waals surface area contributed by atoms with E-state index < -0.39 is 0 Å². The van der Waals surface area contributed by atoms with Gasteiger partial charge in [-0.15, -0.1) is 0 Å². The van der Waals surface area contributed by atoms with Gasteiger partial charge in [-0.1, -0.05) is 273 Å². The molecule has 16 aromatic rings. The van der Waals surface area contributed by atoms with Gasteiger partial charge in [0.2, 0.25) is 0 Å². The Morgan fingerprint density at radius 1 is 0.233 bits per heavy atom. The summed E-state index contributed by atoms with van der Waals surface area (Å²) in [6.07, 6.45) is 0. The lowest BCUT2D eigenvalue weighted by molar-refractivity contribution is 0.673. The highest BCUT2D eigenvalue weighted by Crippen LogP contribution is 2.51. The summed E-state index contributed by atoms with van der Waals surface area (Å²) in [5, 5.41) is 4.23. The molecule has 0 saturated heterocycles. The van der Waals surface area contributed by atoms with Crippen molar-refractivity contribution >= 4 is 43.7 Å². The molecule has 0 aliphatic rings. The van der Waals surface area contributed by atoms with E-state index in [1.165, 1.54) is 22.3 Å². The molecule has 16 rings (SSSR count). The maximum atomic E-state index is 7.15. The van der Waals surface area contributed by atoms with E-state index in [2.05, 4.69) is 284 Å². The van der Waals surface area contributed by atoms with Gasteiger partial charge in [0.25, 0.3) is 0 Å². The average molecular weight is 1100 g/mol. The van der Waals surface area contributed by atoms with Crippen molar-refractivity contribution in [1.82, 2.24) is 19.5 Å². The summed E-state index contributed by atoms with van der Waals surface area (Å²) in [4.78, 5) is 15.6. The molecule has 5 heteroatoms. The number of hydrogen-bond donors (Lipinski definition) is 0. The molecule has 3 heterocycles. The first-order valence-electron chi connectivity index (χ1n) is 29.2. The van der Waals surface area contributed by atoms with Crippen molar-refractivity contribution in [2.24, 2.45) is 0 Å². The van der Waals surface area contributed by atoms with Crippen LogP contribution in [0.15, 0.2) is 320 Å². The monoisotopic (exact) mass is 1100 g/mol. The number of benzene rings is 13. The molecule has 13 aromatic carbocycles. The van der Waals surface area contributed by atoms with Crippen LogP contribution in [0.1, 0.15) is 0 Å². The van der Waals surface area contributed by atoms with Crippen LogP contribution in [0.5, 0.6) is 0 Å². The number of para-hydroxylation sites is 3. The summed E-state index contributed by atoms with van der Waals surface area (Å²) >= 11 is 0. The number of furan rings is 1. The van der Waals surface area contributed by atoms with E-state index >= 15 is 0 Å². The summed E-state index contributed by atoms with van der Waals surface area (Å²) in [6.45, 7) is 0. The third-order valence-electron chi connectivity index (χ3n) is 16.7. The Morgan fingerprint density at radius 2 is 0.616 bits per heavy atom. The van der Waals surface area contributed by atoms with Gasteiger partial charge in [-0.25, -0.2) is 15.0 Å². The zero-order valence-corrected chi connectivity index (χ0v) is 46.7. The SMILES string of the molecule is c1ccc(-c2cc(-c3ccccc3)cc(-c3ccccc3-c3ccccc3-c3cccc4c5c6oc7ccccc7c6cc(-c6ccccc6-c6ccccc6-c6nc(-c7ccccc7)nc(-c7ccccc7)n6)c5n(-c5ccccc5)c34)c2)cc1. The molecule has 0 N–H and O–H groups in total. The molecule has 402 valence electrons. The zero-order valence-electron chi connectivity index (χ0n) is 46.7. The van der Waals surface area contributed by atoms with Gasteiger partial charge in [0.05, 0.1) is 16.4 Å². The van der Waals surface area contributed by atoms with Crippen molar-refractivity contribution in [3.05, 3.63) is 315 Å². The maximum Gasteiger partial charge on any atom is 0.164 e. The second-order valence-corrected chi connectivity index (χ2v) is 21.7. The first kappa shape index (κ1) is 50.2. The minimum absolute atomic E-state index is 0.591. The van der Waals surface area contributed by atoms with Crippen LogP contribution in [0.4, 0.5) is 0 Å². The summed E-state index contributed by atoms with van der Waals surface area (Å²) in [5.74, 6) is 1.81. The first-order chi connectivity index (χ1) is 42.7. The molecule has 0 amide bonds. The molecular formula is C81H52N4O. The second kappa shape index (κ2) is 21.3. The zero-order chi connectivity index (χ0) is 56.9. The van der Waals surface area contributed by atoms with E-state index in [9.17, 15) is 0 Å². The van der Waals surface area contributed by atoms with Crippen LogP contribution < -0.4 is 0 Å². The van der Waals surface area contributed by atoms with Crippen molar-refractivity contribution in [3.8, 4) is 118 Å². The number of fused-ring (bicyclic) bond motifs is 7. The topological polar surface area (TPSA) is 56.7 Å². The normalized spacial score (nSPS) is 11.5. The van der Waals surface area contributed by atoms with Gasteiger partial charge < -0.3 is 8.98 Å². The summed E-state index contributed by atoms with van der Waals surface area (Å²) in [5.41, 5.74) is 23.2. The molecule has 0 bridgehead atoms. The van der Waals surface area contributed by atoms with Crippen LogP contribution in [0, 0.1) is 0 Å². The lowest BCUT2D eigenvalue weighted by Crippen LogP contribution is -2.01. The van der Waals surface area contributed by atoms with E-state index in [1.54, 1.807) is 0 Å². The van der Waals surface area contributed by atoms with E-state index in [4.69, 9.17) is 19.4 Å². The summed E-state index contributed by atoms with van der Waals surface area (Å²) < 4.78 is 9.64. The highest BCUT2D eigenvalue weighted by Gasteiger charge is 2.28. The molecule has 0 fully saturated rings. The summed E-state index contributed by atoms with van der Waals surface area (Å²) in [7, 11) is 0. The number of aromatic nitrogens is 4. The Labute approximate surface area is 498 Å². The Bertz CT molecular complexity index is 5090. The predicted molar refractivity (Wildman–Crippen MR) is 356 cm³/mol. The van der Waals surface area contributed by atoms with Crippen LogP contribution >= 0.6 is 0 Å². The minimum atomic E-state index is 0.591. The van der Waals surface area contributed by atoms with Gasteiger partial charge >= 0.3 is 0 Å². The van der Waals surface area contributed by atoms with Gasteiger partial charge in [0.15, 0.2) is 17.5 Å². The standard InChI is InChI=1S/C81H52N4O/c1-6-27-53(28-7-1)57-49-58(54-29-8-2-9-30-54)51-59(50-57)61-37-16-17-38-62(61)63-39-18-20-41-65(63)69-46-26-47-71-75-77(85(76(69)71)60-35-14-5-15-36-60)72(52-73-68-44-24-25-48-74(68)86-78(73)75)67-43-21-19-40-64(67)66-42-22-23-45-70(66)81-83-79(55-31-10-3-11-32-55)82-80(84-81)56-33-12-4-13-34-56/h1-52H. The third-order valence-corrected chi connectivity index (χ3v) is 16.7. The summed E-state index contributed by atoms with van der Waals surface area (Å²) in [6, 6.07) is 112. The van der Waals surface area contributed by atoms with Crippen molar-refractivity contribution in [2.75, 3.05) is 0 Å². The molecule has 0 aliphatic heterocycles. The van der Waals surface area contributed by atoms with Crippen LogP contribution in [-0.4, -0.2) is 19.5 Å². The molecular weight excluding hydrogens is 1040 g/mol. The van der Waals surface area contributed by atoms with Crippen LogP contribution in [-0.2, 0) is 0 Å². The number of rotatable bonds is 11.